The molecular weight excluding hydrogens is 330 g/mol. The molecule has 4 nitrogen and oxygen atoms in total. The number of aryl methyl sites for hydroxylation is 2. The minimum Gasteiger partial charge on any atom is -0.371 e. The van der Waals surface area contributed by atoms with E-state index < -0.39 is 0 Å². The van der Waals surface area contributed by atoms with Gasteiger partial charge >= 0.3 is 0 Å². The number of hydrogen-bond donors (Lipinski definition) is 0. The molecule has 2 aliphatic rings. The maximum atomic E-state index is 6.17. The molecule has 0 radical (unpaired) electrons. The number of pyridine rings is 1. The molecular formula is C20H27N3OS. The number of fused-ring (bicyclic) bond motifs is 1. The van der Waals surface area contributed by atoms with E-state index in [0.29, 0.717) is 18.8 Å². The van der Waals surface area contributed by atoms with Crippen LogP contribution in [0.1, 0.15) is 27.6 Å². The van der Waals surface area contributed by atoms with Gasteiger partial charge in [0.05, 0.1) is 18.4 Å². The quantitative estimate of drug-likeness (QED) is 0.821. The molecule has 134 valence electrons. The van der Waals surface area contributed by atoms with E-state index in [1.54, 1.807) is 0 Å². The highest BCUT2D eigenvalue weighted by Gasteiger charge is 2.36. The van der Waals surface area contributed by atoms with Gasteiger partial charge in [0.2, 0.25) is 0 Å². The van der Waals surface area contributed by atoms with Crippen molar-refractivity contribution in [3.63, 3.8) is 0 Å². The molecule has 5 heteroatoms. The van der Waals surface area contributed by atoms with Gasteiger partial charge in [0.1, 0.15) is 0 Å². The van der Waals surface area contributed by atoms with Gasteiger partial charge in [-0.25, -0.2) is 0 Å². The first-order chi connectivity index (χ1) is 12.2. The zero-order valence-electron chi connectivity index (χ0n) is 15.1. The lowest BCUT2D eigenvalue weighted by molar-refractivity contribution is 0.0440. The highest BCUT2D eigenvalue weighted by Crippen LogP contribution is 2.26. The third-order valence-electron chi connectivity index (χ3n) is 5.25. The number of nitrogens with zero attached hydrogens (tertiary/aromatic N) is 3. The number of ether oxygens (including phenoxy) is 1. The molecule has 2 aliphatic heterocycles. The first kappa shape index (κ1) is 17.2. The lowest BCUT2D eigenvalue weighted by Gasteiger charge is -2.37. The fourth-order valence-corrected chi connectivity index (χ4v) is 4.93. The van der Waals surface area contributed by atoms with E-state index in [9.17, 15) is 0 Å². The summed E-state index contributed by atoms with van der Waals surface area (Å²) in [5.74, 6) is 0. The Morgan fingerprint density at radius 2 is 2.08 bits per heavy atom. The van der Waals surface area contributed by atoms with Crippen LogP contribution >= 0.6 is 11.3 Å². The topological polar surface area (TPSA) is 28.6 Å². The average molecular weight is 358 g/mol. The van der Waals surface area contributed by atoms with E-state index in [0.717, 1.165) is 37.4 Å². The summed E-state index contributed by atoms with van der Waals surface area (Å²) in [6.45, 7) is 10.5. The molecule has 0 aliphatic carbocycles. The molecule has 2 atom stereocenters. The fourth-order valence-electron chi connectivity index (χ4n) is 4.00. The molecule has 2 saturated heterocycles. The van der Waals surface area contributed by atoms with E-state index >= 15 is 0 Å². The van der Waals surface area contributed by atoms with Crippen LogP contribution in [0.25, 0.3) is 0 Å². The van der Waals surface area contributed by atoms with Crippen molar-refractivity contribution in [3.05, 3.63) is 51.5 Å². The molecule has 0 bridgehead atoms. The largest absolute Gasteiger partial charge is 0.371 e. The summed E-state index contributed by atoms with van der Waals surface area (Å²) < 4.78 is 6.17. The number of hydrogen-bond acceptors (Lipinski definition) is 5. The molecule has 2 fully saturated rings. The van der Waals surface area contributed by atoms with Gasteiger partial charge in [0, 0.05) is 54.2 Å². The fraction of sp³-hybridized carbons (Fsp3) is 0.550. The summed E-state index contributed by atoms with van der Waals surface area (Å²) in [6.07, 6.45) is 1.49. The smallest absolute Gasteiger partial charge is 0.0892 e. The molecule has 0 spiro atoms. The van der Waals surface area contributed by atoms with Crippen LogP contribution in [0.3, 0.4) is 0 Å². The maximum Gasteiger partial charge on any atom is 0.0892 e. The second kappa shape index (κ2) is 7.54. The Balaban J connectivity index is 1.28. The van der Waals surface area contributed by atoms with Crippen LogP contribution < -0.4 is 0 Å². The van der Waals surface area contributed by atoms with E-state index in [4.69, 9.17) is 4.74 Å². The molecule has 0 saturated carbocycles. The first-order valence-corrected chi connectivity index (χ1v) is 10.0. The van der Waals surface area contributed by atoms with Crippen molar-refractivity contribution in [1.29, 1.82) is 0 Å². The average Bonchev–Trinajstić information content (AvgIpc) is 3.18. The third-order valence-corrected chi connectivity index (χ3v) is 6.24. The number of rotatable bonds is 5. The van der Waals surface area contributed by atoms with Gasteiger partial charge in [-0.2, -0.15) is 0 Å². The Labute approximate surface area is 154 Å². The lowest BCUT2D eigenvalue weighted by Crippen LogP contribution is -2.49. The first-order valence-electron chi connectivity index (χ1n) is 9.21. The zero-order valence-corrected chi connectivity index (χ0v) is 16.0. The summed E-state index contributed by atoms with van der Waals surface area (Å²) in [4.78, 5) is 12.7. The molecule has 0 N–H and O–H groups in total. The van der Waals surface area contributed by atoms with Crippen LogP contribution in [0.4, 0.5) is 0 Å². The van der Waals surface area contributed by atoms with E-state index in [1.165, 1.54) is 22.8 Å². The zero-order chi connectivity index (χ0) is 17.2. The van der Waals surface area contributed by atoms with Crippen molar-refractivity contribution >= 4 is 11.3 Å². The summed E-state index contributed by atoms with van der Waals surface area (Å²) in [5.41, 5.74) is 2.10. The predicted octanol–water partition coefficient (Wildman–Crippen LogP) is 3.24. The molecule has 2 unspecified atom stereocenters. The Kier molecular flexibility index (Phi) is 5.17. The van der Waals surface area contributed by atoms with Gasteiger partial charge < -0.3 is 4.74 Å². The predicted molar refractivity (Wildman–Crippen MR) is 102 cm³/mol. The van der Waals surface area contributed by atoms with Gasteiger partial charge in [-0.05, 0) is 44.5 Å². The normalized spacial score (nSPS) is 24.6. The molecule has 25 heavy (non-hydrogen) atoms. The summed E-state index contributed by atoms with van der Waals surface area (Å²) in [5, 5.41) is 0. The van der Waals surface area contributed by atoms with Crippen LogP contribution in [-0.2, 0) is 17.9 Å². The molecule has 2 aromatic heterocycles. The van der Waals surface area contributed by atoms with E-state index in [1.807, 2.05) is 24.3 Å². The van der Waals surface area contributed by atoms with Crippen molar-refractivity contribution in [3.8, 4) is 0 Å². The number of piperazine rings is 1. The lowest BCUT2D eigenvalue weighted by atomic mass is 10.1. The van der Waals surface area contributed by atoms with Crippen molar-refractivity contribution in [1.82, 2.24) is 14.8 Å². The van der Waals surface area contributed by atoms with Crippen LogP contribution in [-0.4, -0.2) is 53.1 Å². The Hall–Kier alpha value is -1.27. The second-order valence-electron chi connectivity index (χ2n) is 7.34. The molecule has 2 aromatic rings. The van der Waals surface area contributed by atoms with Gasteiger partial charge in [-0.1, -0.05) is 6.07 Å². The molecule has 0 amide bonds. The van der Waals surface area contributed by atoms with Crippen molar-refractivity contribution < 1.29 is 4.74 Å². The van der Waals surface area contributed by atoms with Crippen LogP contribution in [0.2, 0.25) is 0 Å². The minimum atomic E-state index is 0.344. The number of thiophene rings is 1. The van der Waals surface area contributed by atoms with E-state index in [-0.39, 0.29) is 0 Å². The molecule has 0 aromatic carbocycles. The van der Waals surface area contributed by atoms with Gasteiger partial charge in [0.25, 0.3) is 0 Å². The summed E-state index contributed by atoms with van der Waals surface area (Å²) in [7, 11) is 0. The Morgan fingerprint density at radius 1 is 1.16 bits per heavy atom. The van der Waals surface area contributed by atoms with Crippen molar-refractivity contribution in [2.75, 3.05) is 26.2 Å². The highest BCUT2D eigenvalue weighted by atomic mass is 32.1. The molecule has 4 rings (SSSR count). The van der Waals surface area contributed by atoms with Gasteiger partial charge in [0.15, 0.2) is 0 Å². The third kappa shape index (κ3) is 4.29. The van der Waals surface area contributed by atoms with E-state index in [2.05, 4.69) is 46.0 Å². The monoisotopic (exact) mass is 357 g/mol. The van der Waals surface area contributed by atoms with Gasteiger partial charge in [-0.15, -0.1) is 11.3 Å². The summed E-state index contributed by atoms with van der Waals surface area (Å²) >= 11 is 1.93. The number of aromatic nitrogens is 1. The van der Waals surface area contributed by atoms with Crippen molar-refractivity contribution in [2.24, 2.45) is 0 Å². The Morgan fingerprint density at radius 3 is 2.88 bits per heavy atom. The highest BCUT2D eigenvalue weighted by molar-refractivity contribution is 7.11. The SMILES string of the molecule is Cc1cccc(COC2CC3CN(Cc4ccc(C)s4)CCN3C2)n1. The Bertz CT molecular complexity index is 716. The summed E-state index contributed by atoms with van der Waals surface area (Å²) in [6, 6.07) is 11.3. The second-order valence-corrected chi connectivity index (χ2v) is 8.71. The molecule has 4 heterocycles. The van der Waals surface area contributed by atoms with Crippen molar-refractivity contribution in [2.45, 2.75) is 45.6 Å². The van der Waals surface area contributed by atoms with Crippen LogP contribution in [0.5, 0.6) is 0 Å². The van der Waals surface area contributed by atoms with Gasteiger partial charge in [-0.3, -0.25) is 14.8 Å². The standard InChI is InChI=1S/C20H27N3OS/c1-15-4-3-5-17(21-15)14-24-19-10-18-11-22(8-9-23(18)12-19)13-20-7-6-16(2)25-20/h3-7,18-19H,8-14H2,1-2H3. The minimum absolute atomic E-state index is 0.344. The van der Waals surface area contributed by atoms with Crippen LogP contribution in [0, 0.1) is 13.8 Å². The van der Waals surface area contributed by atoms with Crippen LogP contribution in [0.15, 0.2) is 30.3 Å². The maximum absolute atomic E-state index is 6.17.